The van der Waals surface area contributed by atoms with E-state index < -0.39 is 0 Å². The van der Waals surface area contributed by atoms with Gasteiger partial charge in [0, 0.05) is 19.3 Å². The predicted molar refractivity (Wildman–Crippen MR) is 103 cm³/mol. The van der Waals surface area contributed by atoms with Gasteiger partial charge in [-0.05, 0) is 30.9 Å². The van der Waals surface area contributed by atoms with Gasteiger partial charge in [0.15, 0.2) is 11.8 Å². The summed E-state index contributed by atoms with van der Waals surface area (Å²) in [5.74, 6) is 4.41. The first-order valence-corrected chi connectivity index (χ1v) is 9.52. The second-order valence-corrected chi connectivity index (χ2v) is 6.49. The van der Waals surface area contributed by atoms with Crippen molar-refractivity contribution in [2.75, 3.05) is 25.7 Å². The highest BCUT2D eigenvalue weighted by Crippen LogP contribution is 2.11. The first-order chi connectivity index (χ1) is 12.1. The van der Waals surface area contributed by atoms with Crippen molar-refractivity contribution < 1.29 is 4.74 Å². The highest BCUT2D eigenvalue weighted by atomic mass is 32.2. The summed E-state index contributed by atoms with van der Waals surface area (Å²) in [6.07, 6.45) is 2.09. The molecule has 2 aromatic rings. The van der Waals surface area contributed by atoms with Crippen LogP contribution in [0, 0.1) is 6.92 Å². The summed E-state index contributed by atoms with van der Waals surface area (Å²) in [5, 5.41) is 14.9. The Morgan fingerprint density at radius 2 is 2.00 bits per heavy atom. The molecule has 0 spiro atoms. The summed E-state index contributed by atoms with van der Waals surface area (Å²) in [7, 11) is 3.63. The van der Waals surface area contributed by atoms with Gasteiger partial charge in [-0.3, -0.25) is 0 Å². The molecule has 0 fully saturated rings. The highest BCUT2D eigenvalue weighted by molar-refractivity contribution is 7.98. The van der Waals surface area contributed by atoms with Gasteiger partial charge in [-0.2, -0.15) is 11.8 Å². The lowest BCUT2D eigenvalue weighted by Crippen LogP contribution is -2.38. The number of nitrogens with one attached hydrogen (secondary N) is 2. The average Bonchev–Trinajstić information content (AvgIpc) is 2.96. The summed E-state index contributed by atoms with van der Waals surface area (Å²) in [5.41, 5.74) is 1.13. The number of thioether (sulfide) groups is 1. The number of aryl methyl sites for hydroxylation is 1. The molecule has 8 heteroatoms. The smallest absolute Gasteiger partial charge is 0.192 e. The largest absolute Gasteiger partial charge is 0.497 e. The third-order valence-electron chi connectivity index (χ3n) is 3.77. The van der Waals surface area contributed by atoms with Gasteiger partial charge in [-0.25, -0.2) is 4.99 Å². The van der Waals surface area contributed by atoms with Gasteiger partial charge in [0.05, 0.1) is 20.2 Å². The maximum absolute atomic E-state index is 5.18. The minimum Gasteiger partial charge on any atom is -0.497 e. The van der Waals surface area contributed by atoms with Crippen LogP contribution in [0.2, 0.25) is 0 Å². The third kappa shape index (κ3) is 5.97. The zero-order valence-electron chi connectivity index (χ0n) is 15.2. The maximum Gasteiger partial charge on any atom is 0.192 e. The fourth-order valence-electron chi connectivity index (χ4n) is 2.11. The minimum atomic E-state index is 0.574. The Kier molecular flexibility index (Phi) is 7.59. The molecule has 0 aliphatic rings. The molecule has 1 aromatic carbocycles. The van der Waals surface area contributed by atoms with Crippen molar-refractivity contribution >= 4 is 17.7 Å². The standard InChI is InChI=1S/C17H26N6OS/c1-13-21-22-16(23(13)2)12-20-17(18-9-10-25-4)19-11-14-5-7-15(24-3)8-6-14/h5-8H,9-12H2,1-4H3,(H2,18,19,20). The Hall–Kier alpha value is -2.22. The average molecular weight is 363 g/mol. The van der Waals surface area contributed by atoms with Crippen LogP contribution in [0.15, 0.2) is 29.3 Å². The number of rotatable bonds is 8. The van der Waals surface area contributed by atoms with Crippen LogP contribution >= 0.6 is 11.8 Å². The Balaban J connectivity index is 1.98. The number of hydrogen-bond acceptors (Lipinski definition) is 5. The summed E-state index contributed by atoms with van der Waals surface area (Å²) in [4.78, 5) is 4.66. The van der Waals surface area contributed by atoms with Crippen molar-refractivity contribution in [3.8, 4) is 5.75 Å². The molecule has 0 amide bonds. The van der Waals surface area contributed by atoms with Gasteiger partial charge in [0.2, 0.25) is 0 Å². The topological polar surface area (TPSA) is 76.4 Å². The second-order valence-electron chi connectivity index (χ2n) is 5.51. The van der Waals surface area contributed by atoms with Crippen LogP contribution in [0.5, 0.6) is 5.75 Å². The number of aromatic nitrogens is 3. The molecule has 0 aliphatic heterocycles. The van der Waals surface area contributed by atoms with Crippen molar-refractivity contribution in [3.05, 3.63) is 41.5 Å². The number of benzene rings is 1. The lowest BCUT2D eigenvalue weighted by atomic mass is 10.2. The molecule has 2 N–H and O–H groups in total. The number of aliphatic imine (C=N–C) groups is 1. The summed E-state index contributed by atoms with van der Waals surface area (Å²) in [6.45, 7) is 3.96. The van der Waals surface area contributed by atoms with E-state index in [9.17, 15) is 0 Å². The molecule has 0 unspecified atom stereocenters. The predicted octanol–water partition coefficient (Wildman–Crippen LogP) is 1.73. The molecule has 0 radical (unpaired) electrons. The van der Waals surface area contributed by atoms with Gasteiger partial charge < -0.3 is 19.9 Å². The molecule has 0 aliphatic carbocycles. The van der Waals surface area contributed by atoms with Crippen molar-refractivity contribution in [1.29, 1.82) is 0 Å². The van der Waals surface area contributed by atoms with E-state index >= 15 is 0 Å². The van der Waals surface area contributed by atoms with E-state index in [4.69, 9.17) is 4.74 Å². The fraction of sp³-hybridized carbons (Fsp3) is 0.471. The summed E-state index contributed by atoms with van der Waals surface area (Å²) >= 11 is 1.80. The lowest BCUT2D eigenvalue weighted by Gasteiger charge is -2.12. The molecule has 7 nitrogen and oxygen atoms in total. The van der Waals surface area contributed by atoms with Gasteiger partial charge in [-0.1, -0.05) is 12.1 Å². The molecule has 1 heterocycles. The van der Waals surface area contributed by atoms with Crippen LogP contribution < -0.4 is 15.4 Å². The molecule has 0 atom stereocenters. The van der Waals surface area contributed by atoms with Crippen molar-refractivity contribution in [2.24, 2.45) is 12.0 Å². The Bertz CT molecular complexity index is 683. The first kappa shape index (κ1) is 19.1. The second kappa shape index (κ2) is 9.93. The number of guanidine groups is 1. The minimum absolute atomic E-state index is 0.574. The van der Waals surface area contributed by atoms with E-state index in [0.29, 0.717) is 13.1 Å². The van der Waals surface area contributed by atoms with Gasteiger partial charge in [0.25, 0.3) is 0 Å². The number of hydrogen-bond donors (Lipinski definition) is 2. The van der Waals surface area contributed by atoms with E-state index in [1.54, 1.807) is 18.9 Å². The van der Waals surface area contributed by atoms with Crippen molar-refractivity contribution in [1.82, 2.24) is 25.4 Å². The first-order valence-electron chi connectivity index (χ1n) is 8.13. The van der Waals surface area contributed by atoms with Crippen LogP contribution in [0.3, 0.4) is 0 Å². The molecule has 0 saturated heterocycles. The van der Waals surface area contributed by atoms with Crippen LogP contribution in [-0.4, -0.2) is 46.4 Å². The highest BCUT2D eigenvalue weighted by Gasteiger charge is 2.06. The Morgan fingerprint density at radius 3 is 2.60 bits per heavy atom. The molecule has 25 heavy (non-hydrogen) atoms. The molecule has 0 saturated carbocycles. The van der Waals surface area contributed by atoms with E-state index in [1.807, 2.05) is 42.8 Å². The molecule has 2 rings (SSSR count). The normalized spacial score (nSPS) is 11.4. The zero-order valence-corrected chi connectivity index (χ0v) is 16.1. The van der Waals surface area contributed by atoms with Crippen LogP contribution in [-0.2, 0) is 20.1 Å². The quantitative estimate of drug-likeness (QED) is 0.423. The van der Waals surface area contributed by atoms with E-state index in [1.165, 1.54) is 0 Å². The van der Waals surface area contributed by atoms with E-state index in [0.717, 1.165) is 41.2 Å². The SMILES string of the molecule is COc1ccc(CN=C(NCCSC)NCc2nnc(C)n2C)cc1. The Morgan fingerprint density at radius 1 is 1.24 bits per heavy atom. The fourth-order valence-corrected chi connectivity index (χ4v) is 2.42. The number of ether oxygens (including phenoxy) is 1. The Labute approximate surface area is 153 Å². The molecular weight excluding hydrogens is 336 g/mol. The van der Waals surface area contributed by atoms with E-state index in [2.05, 4.69) is 32.1 Å². The van der Waals surface area contributed by atoms with Gasteiger partial charge >= 0.3 is 0 Å². The van der Waals surface area contributed by atoms with Crippen molar-refractivity contribution in [3.63, 3.8) is 0 Å². The monoisotopic (exact) mass is 362 g/mol. The molecule has 136 valence electrons. The number of methoxy groups -OCH3 is 1. The van der Waals surface area contributed by atoms with Crippen molar-refractivity contribution in [2.45, 2.75) is 20.0 Å². The van der Waals surface area contributed by atoms with Gasteiger partial charge in [-0.15, -0.1) is 10.2 Å². The molecule has 0 bridgehead atoms. The summed E-state index contributed by atoms with van der Waals surface area (Å²) < 4.78 is 7.15. The van der Waals surface area contributed by atoms with Crippen LogP contribution in [0.25, 0.3) is 0 Å². The number of nitrogens with zero attached hydrogens (tertiary/aromatic N) is 4. The molecule has 1 aromatic heterocycles. The zero-order chi connectivity index (χ0) is 18.1. The lowest BCUT2D eigenvalue weighted by molar-refractivity contribution is 0.414. The van der Waals surface area contributed by atoms with Crippen LogP contribution in [0.4, 0.5) is 0 Å². The van der Waals surface area contributed by atoms with Crippen LogP contribution in [0.1, 0.15) is 17.2 Å². The third-order valence-corrected chi connectivity index (χ3v) is 4.39. The molecular formula is C17H26N6OS. The van der Waals surface area contributed by atoms with E-state index in [-0.39, 0.29) is 0 Å². The van der Waals surface area contributed by atoms with Gasteiger partial charge in [0.1, 0.15) is 11.6 Å². The summed E-state index contributed by atoms with van der Waals surface area (Å²) in [6, 6.07) is 7.94. The maximum atomic E-state index is 5.18.